The summed E-state index contributed by atoms with van der Waals surface area (Å²) in [7, 11) is -3.02. The quantitative estimate of drug-likeness (QED) is 0.519. The average Bonchev–Trinajstić information content (AvgIpc) is 3.11. The first-order chi connectivity index (χ1) is 15.5. The van der Waals surface area contributed by atoms with Crippen molar-refractivity contribution >= 4 is 49.8 Å². The van der Waals surface area contributed by atoms with Crippen LogP contribution in [-0.2, 0) is 17.3 Å². The van der Waals surface area contributed by atoms with Gasteiger partial charge in [-0.3, -0.25) is 9.52 Å². The molecule has 0 aliphatic carbocycles. The highest BCUT2D eigenvalue weighted by Gasteiger charge is 2.39. The van der Waals surface area contributed by atoms with Gasteiger partial charge in [0.2, 0.25) is 0 Å². The van der Waals surface area contributed by atoms with Crippen molar-refractivity contribution in [2.75, 3.05) is 23.1 Å². The molecule has 2 N–H and O–H groups in total. The summed E-state index contributed by atoms with van der Waals surface area (Å²) in [6.07, 6.45) is -2.72. The summed E-state index contributed by atoms with van der Waals surface area (Å²) >= 11 is 6.16. The molecule has 176 valence electrons. The molecule has 0 amide bonds. The van der Waals surface area contributed by atoms with Gasteiger partial charge in [-0.15, -0.1) is 0 Å². The van der Waals surface area contributed by atoms with Crippen molar-refractivity contribution in [3.05, 3.63) is 57.6 Å². The zero-order valence-electron chi connectivity index (χ0n) is 16.8. The number of nitrogens with one attached hydrogen (secondary N) is 2. The van der Waals surface area contributed by atoms with E-state index in [2.05, 4.69) is 15.0 Å². The van der Waals surface area contributed by atoms with Crippen LogP contribution in [0.1, 0.15) is 0 Å². The molecule has 3 aromatic rings. The van der Waals surface area contributed by atoms with Gasteiger partial charge in [0.05, 0.1) is 33.9 Å². The fraction of sp³-hybridized carbons (Fsp3) is 0.263. The molecular formula is C19H16ClF4N5O3S. The molecule has 0 spiro atoms. The topological polar surface area (TPSA) is 96.3 Å². The molecule has 1 aromatic heterocycles. The van der Waals surface area contributed by atoms with E-state index < -0.39 is 63.5 Å². The van der Waals surface area contributed by atoms with Crippen molar-refractivity contribution in [2.24, 2.45) is 7.05 Å². The Kier molecular flexibility index (Phi) is 5.97. The van der Waals surface area contributed by atoms with Crippen molar-refractivity contribution in [2.45, 2.75) is 12.3 Å². The van der Waals surface area contributed by atoms with Gasteiger partial charge < -0.3 is 9.88 Å². The maximum absolute atomic E-state index is 15.0. The number of hydrogen-bond donors (Lipinski definition) is 2. The first-order valence-corrected chi connectivity index (χ1v) is 11.3. The van der Waals surface area contributed by atoms with Crippen LogP contribution in [0.15, 0.2) is 35.4 Å². The summed E-state index contributed by atoms with van der Waals surface area (Å²) in [6.45, 7) is -1.38. The molecule has 2 aromatic carbocycles. The minimum atomic E-state index is -4.41. The number of benzene rings is 2. The molecule has 1 saturated heterocycles. The van der Waals surface area contributed by atoms with E-state index >= 15 is 4.39 Å². The van der Waals surface area contributed by atoms with Crippen LogP contribution in [0.4, 0.5) is 34.6 Å². The van der Waals surface area contributed by atoms with Crippen molar-refractivity contribution in [1.29, 1.82) is 0 Å². The second-order valence-electron chi connectivity index (χ2n) is 7.35. The number of rotatable bonds is 5. The third kappa shape index (κ3) is 4.23. The van der Waals surface area contributed by atoms with Crippen molar-refractivity contribution in [1.82, 2.24) is 13.9 Å². The molecule has 2 atom stereocenters. The van der Waals surface area contributed by atoms with Gasteiger partial charge in [-0.25, -0.2) is 22.5 Å². The van der Waals surface area contributed by atoms with Gasteiger partial charge in [0.1, 0.15) is 23.5 Å². The number of nitrogens with zero attached hydrogens (tertiary/aromatic N) is 3. The molecule has 33 heavy (non-hydrogen) atoms. The highest BCUT2D eigenvalue weighted by Crippen LogP contribution is 2.37. The largest absolute Gasteiger partial charge is 0.349 e. The number of aryl methyl sites for hydroxylation is 1. The molecular weight excluding hydrogens is 490 g/mol. The van der Waals surface area contributed by atoms with Crippen LogP contribution in [0, 0.1) is 11.6 Å². The standard InChI is InChI=1S/C19H16ClF4N5O3S/c1-28-8-25-12-4-5-14(17(24)15(12)19(28)30)26-18-9(21)2-3-13(16(18)20)27-33(31,32)29-6-10(22)11(23)7-29/h2-5,8,10-11,26-27H,6-7H2,1H3. The first kappa shape index (κ1) is 23.3. The summed E-state index contributed by atoms with van der Waals surface area (Å²) < 4.78 is 85.0. The van der Waals surface area contributed by atoms with E-state index in [-0.39, 0.29) is 22.3 Å². The van der Waals surface area contributed by atoms with E-state index in [0.29, 0.717) is 4.31 Å². The number of aromatic nitrogens is 2. The van der Waals surface area contributed by atoms with E-state index in [4.69, 9.17) is 11.6 Å². The van der Waals surface area contributed by atoms with Gasteiger partial charge in [0.15, 0.2) is 5.82 Å². The zero-order valence-corrected chi connectivity index (χ0v) is 18.4. The highest BCUT2D eigenvalue weighted by molar-refractivity contribution is 7.90. The Bertz CT molecular complexity index is 1410. The maximum atomic E-state index is 15.0. The molecule has 4 rings (SSSR count). The normalized spacial score (nSPS) is 19.2. The van der Waals surface area contributed by atoms with Gasteiger partial charge >= 0.3 is 10.2 Å². The van der Waals surface area contributed by atoms with Crippen LogP contribution in [0.25, 0.3) is 10.9 Å². The molecule has 1 aliphatic rings. The fourth-order valence-electron chi connectivity index (χ4n) is 3.32. The number of anilines is 3. The lowest BCUT2D eigenvalue weighted by atomic mass is 10.2. The summed E-state index contributed by atoms with van der Waals surface area (Å²) in [5.41, 5.74) is -1.69. The van der Waals surface area contributed by atoms with Crippen LogP contribution in [0.2, 0.25) is 5.02 Å². The molecule has 1 fully saturated rings. The van der Waals surface area contributed by atoms with Crippen LogP contribution < -0.4 is 15.6 Å². The number of halogens is 5. The predicted molar refractivity (Wildman–Crippen MR) is 116 cm³/mol. The highest BCUT2D eigenvalue weighted by atomic mass is 35.5. The lowest BCUT2D eigenvalue weighted by Gasteiger charge is -2.19. The van der Waals surface area contributed by atoms with Crippen LogP contribution in [0.3, 0.4) is 0 Å². The van der Waals surface area contributed by atoms with Crippen molar-refractivity contribution in [3.63, 3.8) is 0 Å². The Hall–Kier alpha value is -2.90. The van der Waals surface area contributed by atoms with E-state index in [1.807, 2.05) is 0 Å². The van der Waals surface area contributed by atoms with Gasteiger partial charge in [-0.2, -0.15) is 12.7 Å². The summed E-state index contributed by atoms with van der Waals surface area (Å²) in [5, 5.41) is 1.62. The molecule has 2 heterocycles. The summed E-state index contributed by atoms with van der Waals surface area (Å²) in [4.78, 5) is 16.2. The third-order valence-corrected chi connectivity index (χ3v) is 6.95. The number of alkyl halides is 2. The molecule has 2 unspecified atom stereocenters. The van der Waals surface area contributed by atoms with E-state index in [0.717, 1.165) is 16.7 Å². The van der Waals surface area contributed by atoms with Crippen molar-refractivity contribution < 1.29 is 26.0 Å². The Labute approximate surface area is 190 Å². The van der Waals surface area contributed by atoms with E-state index in [1.165, 1.54) is 25.5 Å². The fourth-order valence-corrected chi connectivity index (χ4v) is 4.88. The lowest BCUT2D eigenvalue weighted by molar-refractivity contribution is 0.217. The lowest BCUT2D eigenvalue weighted by Crippen LogP contribution is -2.34. The van der Waals surface area contributed by atoms with Gasteiger partial charge in [-0.05, 0) is 24.3 Å². The molecule has 14 heteroatoms. The Morgan fingerprint density at radius 2 is 1.73 bits per heavy atom. The molecule has 8 nitrogen and oxygen atoms in total. The molecule has 1 aliphatic heterocycles. The van der Waals surface area contributed by atoms with Crippen LogP contribution >= 0.6 is 11.6 Å². The minimum Gasteiger partial charge on any atom is -0.349 e. The summed E-state index contributed by atoms with van der Waals surface area (Å²) in [6, 6.07) is 4.43. The third-order valence-electron chi connectivity index (χ3n) is 5.10. The van der Waals surface area contributed by atoms with Gasteiger partial charge in [0, 0.05) is 20.1 Å². The van der Waals surface area contributed by atoms with Crippen LogP contribution in [0.5, 0.6) is 0 Å². The SMILES string of the molecule is Cn1cnc2ccc(Nc3c(F)ccc(NS(=O)(=O)N4CC(F)C(F)C4)c3Cl)c(F)c2c1=O. The molecule has 0 radical (unpaired) electrons. The average molecular weight is 506 g/mol. The van der Waals surface area contributed by atoms with Crippen molar-refractivity contribution in [3.8, 4) is 0 Å². The minimum absolute atomic E-state index is 0.0807. The van der Waals surface area contributed by atoms with E-state index in [9.17, 15) is 26.4 Å². The van der Waals surface area contributed by atoms with Crippen LogP contribution in [-0.4, -0.2) is 47.7 Å². The number of fused-ring (bicyclic) bond motifs is 1. The number of hydrogen-bond acceptors (Lipinski definition) is 5. The second-order valence-corrected chi connectivity index (χ2v) is 9.40. The molecule has 0 saturated carbocycles. The monoisotopic (exact) mass is 505 g/mol. The Balaban J connectivity index is 1.69. The second kappa shape index (κ2) is 8.47. The Morgan fingerprint density at radius 1 is 1.09 bits per heavy atom. The van der Waals surface area contributed by atoms with Gasteiger partial charge in [-0.1, -0.05) is 11.6 Å². The van der Waals surface area contributed by atoms with Gasteiger partial charge in [0.25, 0.3) is 5.56 Å². The first-order valence-electron chi connectivity index (χ1n) is 9.44. The Morgan fingerprint density at radius 3 is 2.39 bits per heavy atom. The molecule has 0 bridgehead atoms. The smallest absolute Gasteiger partial charge is 0.301 e. The summed E-state index contributed by atoms with van der Waals surface area (Å²) in [5.74, 6) is -1.96. The maximum Gasteiger partial charge on any atom is 0.301 e. The van der Waals surface area contributed by atoms with E-state index in [1.54, 1.807) is 0 Å². The predicted octanol–water partition coefficient (Wildman–Crippen LogP) is 3.26. The zero-order chi connectivity index (χ0) is 24.1.